The standard InChI is InChI=1S/C20H19FO6/c1-20(21)16(27-18(23)14-10-6-3-7-11-14)15(26-19(20)24)12-25-17(22)13-8-4-2-5-9-13/h2-11,15-16,19,24H,12H2,1H3/t15?,16-,19?,20-/m1/s1. The topological polar surface area (TPSA) is 82.1 Å². The number of ether oxygens (including phenoxy) is 3. The number of aliphatic hydroxyl groups is 1. The van der Waals surface area contributed by atoms with E-state index < -0.39 is 36.1 Å². The highest BCUT2D eigenvalue weighted by atomic mass is 19.1. The van der Waals surface area contributed by atoms with Crippen LogP contribution in [-0.2, 0) is 14.2 Å². The summed E-state index contributed by atoms with van der Waals surface area (Å²) in [5.74, 6) is -1.39. The molecule has 0 spiro atoms. The lowest BCUT2D eigenvalue weighted by Gasteiger charge is -2.25. The summed E-state index contributed by atoms with van der Waals surface area (Å²) >= 11 is 0. The van der Waals surface area contributed by atoms with Crippen LogP contribution in [-0.4, -0.2) is 47.8 Å². The molecule has 4 atom stereocenters. The van der Waals surface area contributed by atoms with E-state index in [1.54, 1.807) is 48.5 Å². The Bertz CT molecular complexity index is 793. The van der Waals surface area contributed by atoms with E-state index in [1.165, 1.54) is 12.1 Å². The molecule has 0 aromatic heterocycles. The first-order chi connectivity index (χ1) is 12.9. The maximum Gasteiger partial charge on any atom is 0.338 e. The number of carbonyl (C=O) groups is 2. The molecule has 0 saturated carbocycles. The molecule has 1 N–H and O–H groups in total. The van der Waals surface area contributed by atoms with Crippen molar-refractivity contribution in [3.05, 3.63) is 71.8 Å². The second-order valence-electron chi connectivity index (χ2n) is 6.33. The molecule has 1 heterocycles. The van der Waals surface area contributed by atoms with Gasteiger partial charge in [0.25, 0.3) is 0 Å². The van der Waals surface area contributed by atoms with Crippen LogP contribution in [0.3, 0.4) is 0 Å². The Morgan fingerprint density at radius 2 is 1.56 bits per heavy atom. The number of alkyl halides is 1. The largest absolute Gasteiger partial charge is 0.459 e. The van der Waals surface area contributed by atoms with Crippen LogP contribution in [0, 0.1) is 0 Å². The second kappa shape index (κ2) is 7.85. The van der Waals surface area contributed by atoms with Crippen molar-refractivity contribution in [3.63, 3.8) is 0 Å². The van der Waals surface area contributed by atoms with Crippen LogP contribution in [0.4, 0.5) is 4.39 Å². The van der Waals surface area contributed by atoms with Gasteiger partial charge in [0.2, 0.25) is 0 Å². The minimum Gasteiger partial charge on any atom is -0.459 e. The van der Waals surface area contributed by atoms with Gasteiger partial charge in [-0.25, -0.2) is 14.0 Å². The summed E-state index contributed by atoms with van der Waals surface area (Å²) in [6.45, 7) is 0.691. The lowest BCUT2D eigenvalue weighted by molar-refractivity contribution is -0.144. The molecule has 3 rings (SSSR count). The van der Waals surface area contributed by atoms with Crippen molar-refractivity contribution in [3.8, 4) is 0 Å². The molecule has 142 valence electrons. The smallest absolute Gasteiger partial charge is 0.338 e. The fourth-order valence-electron chi connectivity index (χ4n) is 2.76. The van der Waals surface area contributed by atoms with Gasteiger partial charge >= 0.3 is 11.9 Å². The molecule has 27 heavy (non-hydrogen) atoms. The Morgan fingerprint density at radius 1 is 1.04 bits per heavy atom. The van der Waals surface area contributed by atoms with Crippen LogP contribution in [0.2, 0.25) is 0 Å². The zero-order chi connectivity index (χ0) is 19.4. The number of benzene rings is 2. The van der Waals surface area contributed by atoms with Gasteiger partial charge < -0.3 is 19.3 Å². The summed E-state index contributed by atoms with van der Waals surface area (Å²) in [5.41, 5.74) is -1.81. The average molecular weight is 374 g/mol. The van der Waals surface area contributed by atoms with Gasteiger partial charge in [0.1, 0.15) is 12.7 Å². The highest BCUT2D eigenvalue weighted by Gasteiger charge is 2.57. The number of halogens is 1. The predicted molar refractivity (Wildman–Crippen MR) is 92.8 cm³/mol. The monoisotopic (exact) mass is 374 g/mol. The van der Waals surface area contributed by atoms with Crippen LogP contribution >= 0.6 is 0 Å². The fraction of sp³-hybridized carbons (Fsp3) is 0.300. The molecule has 7 heteroatoms. The maximum absolute atomic E-state index is 14.8. The molecule has 2 aromatic rings. The molecule has 1 aliphatic heterocycles. The van der Waals surface area contributed by atoms with E-state index in [0.717, 1.165) is 6.92 Å². The summed E-state index contributed by atoms with van der Waals surface area (Å²) in [6, 6.07) is 16.3. The lowest BCUT2D eigenvalue weighted by Crippen LogP contribution is -2.45. The van der Waals surface area contributed by atoms with Gasteiger partial charge in [0.05, 0.1) is 11.1 Å². The van der Waals surface area contributed by atoms with Crippen LogP contribution < -0.4 is 0 Å². The minimum atomic E-state index is -2.35. The van der Waals surface area contributed by atoms with E-state index >= 15 is 0 Å². The van der Waals surface area contributed by atoms with Gasteiger partial charge in [-0.3, -0.25) is 0 Å². The zero-order valence-electron chi connectivity index (χ0n) is 14.6. The molecule has 0 bridgehead atoms. The minimum absolute atomic E-state index is 0.231. The van der Waals surface area contributed by atoms with Crippen molar-refractivity contribution in [1.29, 1.82) is 0 Å². The molecule has 0 radical (unpaired) electrons. The van der Waals surface area contributed by atoms with Gasteiger partial charge in [-0.05, 0) is 31.2 Å². The summed E-state index contributed by atoms with van der Waals surface area (Å²) in [6.07, 6.45) is -4.40. The van der Waals surface area contributed by atoms with Crippen molar-refractivity contribution >= 4 is 11.9 Å². The lowest BCUT2D eigenvalue weighted by atomic mass is 9.99. The molecule has 0 amide bonds. The van der Waals surface area contributed by atoms with E-state index in [0.29, 0.717) is 5.56 Å². The van der Waals surface area contributed by atoms with Crippen molar-refractivity contribution in [2.45, 2.75) is 31.1 Å². The second-order valence-corrected chi connectivity index (χ2v) is 6.33. The summed E-state index contributed by atoms with van der Waals surface area (Å²) in [4.78, 5) is 24.3. The van der Waals surface area contributed by atoms with Crippen molar-refractivity contribution in [2.24, 2.45) is 0 Å². The van der Waals surface area contributed by atoms with Gasteiger partial charge in [0, 0.05) is 0 Å². The van der Waals surface area contributed by atoms with Gasteiger partial charge in [-0.2, -0.15) is 0 Å². The normalized spacial score (nSPS) is 27.1. The molecule has 1 saturated heterocycles. The third-order valence-electron chi connectivity index (χ3n) is 4.31. The quantitative estimate of drug-likeness (QED) is 0.810. The average Bonchev–Trinajstić information content (AvgIpc) is 2.90. The summed E-state index contributed by atoms with van der Waals surface area (Å²) < 4.78 is 30.4. The third-order valence-corrected chi connectivity index (χ3v) is 4.31. The molecule has 0 aliphatic carbocycles. The molecular formula is C20H19FO6. The predicted octanol–water partition coefficient (Wildman–Crippen LogP) is 2.51. The number of esters is 2. The first kappa shape index (κ1) is 19.0. The van der Waals surface area contributed by atoms with E-state index in [2.05, 4.69) is 0 Å². The van der Waals surface area contributed by atoms with Crippen molar-refractivity contribution < 1.29 is 33.3 Å². The Balaban J connectivity index is 1.69. The Kier molecular flexibility index (Phi) is 5.53. The van der Waals surface area contributed by atoms with Gasteiger partial charge in [-0.1, -0.05) is 36.4 Å². The van der Waals surface area contributed by atoms with Crippen LogP contribution in [0.1, 0.15) is 27.6 Å². The highest BCUT2D eigenvalue weighted by Crippen LogP contribution is 2.36. The molecule has 2 unspecified atom stereocenters. The van der Waals surface area contributed by atoms with E-state index in [4.69, 9.17) is 14.2 Å². The van der Waals surface area contributed by atoms with Crippen LogP contribution in [0.5, 0.6) is 0 Å². The van der Waals surface area contributed by atoms with E-state index in [1.807, 2.05) is 0 Å². The Hall–Kier alpha value is -2.77. The van der Waals surface area contributed by atoms with Crippen LogP contribution in [0.25, 0.3) is 0 Å². The molecule has 2 aromatic carbocycles. The first-order valence-electron chi connectivity index (χ1n) is 8.40. The molecular weight excluding hydrogens is 355 g/mol. The van der Waals surface area contributed by atoms with Gasteiger partial charge in [0.15, 0.2) is 18.1 Å². The fourth-order valence-corrected chi connectivity index (χ4v) is 2.76. The number of rotatable bonds is 5. The Labute approximate surface area is 155 Å². The SMILES string of the molecule is C[C@]1(F)C(O)OC(COC(=O)c2ccccc2)[C@H]1OC(=O)c1ccccc1. The van der Waals surface area contributed by atoms with Crippen molar-refractivity contribution in [2.75, 3.05) is 6.61 Å². The molecule has 1 fully saturated rings. The maximum atomic E-state index is 14.8. The first-order valence-corrected chi connectivity index (χ1v) is 8.40. The highest BCUT2D eigenvalue weighted by molar-refractivity contribution is 5.90. The van der Waals surface area contributed by atoms with Gasteiger partial charge in [-0.15, -0.1) is 0 Å². The zero-order valence-corrected chi connectivity index (χ0v) is 14.6. The van der Waals surface area contributed by atoms with Crippen LogP contribution in [0.15, 0.2) is 60.7 Å². The molecule has 1 aliphatic rings. The summed E-state index contributed by atoms with van der Waals surface area (Å²) in [5, 5.41) is 9.83. The van der Waals surface area contributed by atoms with Crippen molar-refractivity contribution in [1.82, 2.24) is 0 Å². The molecule has 6 nitrogen and oxygen atoms in total. The summed E-state index contributed by atoms with van der Waals surface area (Å²) in [7, 11) is 0. The number of aliphatic hydroxyl groups excluding tert-OH is 1. The van der Waals surface area contributed by atoms with E-state index in [-0.39, 0.29) is 12.2 Å². The Morgan fingerprint density at radius 3 is 2.11 bits per heavy atom. The number of hydrogen-bond donors (Lipinski definition) is 1. The van der Waals surface area contributed by atoms with E-state index in [9.17, 15) is 19.1 Å². The third kappa shape index (κ3) is 4.15. The number of hydrogen-bond acceptors (Lipinski definition) is 6. The number of carbonyl (C=O) groups excluding carboxylic acids is 2.